The zero-order valence-electron chi connectivity index (χ0n) is 85.2. The lowest BCUT2D eigenvalue weighted by Gasteiger charge is -2.21. The summed E-state index contributed by atoms with van der Waals surface area (Å²) in [7, 11) is 3.41. The predicted molar refractivity (Wildman–Crippen MR) is 539 cm³/mol. The zero-order chi connectivity index (χ0) is 91.3. The average molecular weight is 1750 g/mol. The van der Waals surface area contributed by atoms with Gasteiger partial charge in [-0.25, -0.2) is 0 Å². The van der Waals surface area contributed by atoms with E-state index in [1.807, 2.05) is 24.3 Å². The summed E-state index contributed by atoms with van der Waals surface area (Å²) in [6, 6.07) is 37.4. The molecule has 0 aliphatic rings. The molecule has 724 valence electrons. The topological polar surface area (TPSA) is 92.3 Å². The quantitative estimate of drug-likeness (QED) is 0.0314. The maximum atomic E-state index is 6.53. The first kappa shape index (κ1) is 114. The molecule has 0 fully saturated rings. The van der Waals surface area contributed by atoms with Crippen molar-refractivity contribution in [2.24, 2.45) is 94.7 Å². The molecule has 0 aliphatic carbocycles. The van der Waals surface area contributed by atoms with Crippen molar-refractivity contribution in [3.63, 3.8) is 0 Å². The Morgan fingerprint density at radius 2 is 0.397 bits per heavy atom. The summed E-state index contributed by atoms with van der Waals surface area (Å²) < 4.78 is 60.8. The largest absolute Gasteiger partial charge is 0.497 e. The van der Waals surface area contributed by atoms with E-state index in [9.17, 15) is 0 Å². The minimum absolute atomic E-state index is 0.0416. The average Bonchev–Trinajstić information content (AvgIpc) is 0.877. The van der Waals surface area contributed by atoms with Gasteiger partial charge in [-0.2, -0.15) is 0 Å². The molecule has 0 saturated carbocycles. The molecule has 0 amide bonds. The molecule has 0 heterocycles. The third-order valence-corrected chi connectivity index (χ3v) is 28.0. The summed E-state index contributed by atoms with van der Waals surface area (Å²) in [4.78, 5) is 0. The Bertz CT molecular complexity index is 2850. The molecule has 0 bridgehead atoms. The van der Waals surface area contributed by atoms with Crippen LogP contribution in [0.25, 0.3) is 0 Å². The van der Waals surface area contributed by atoms with Gasteiger partial charge in [-0.1, -0.05) is 413 Å². The van der Waals surface area contributed by atoms with Gasteiger partial charge in [0.15, 0.2) is 0 Å². The lowest BCUT2D eigenvalue weighted by atomic mass is 9.90. The highest BCUT2D eigenvalue weighted by atomic mass is 16.6. The van der Waals surface area contributed by atoms with Gasteiger partial charge >= 0.3 is 0 Å². The Hall–Kier alpha value is -4.10. The van der Waals surface area contributed by atoms with Crippen LogP contribution in [0.2, 0.25) is 0 Å². The van der Waals surface area contributed by atoms with Crippen molar-refractivity contribution in [3.8, 4) is 11.5 Å². The number of allylic oxidation sites excluding steroid dienone is 2. The zero-order valence-corrected chi connectivity index (χ0v) is 85.2. The minimum Gasteiger partial charge on any atom is -0.497 e. The highest BCUT2D eigenvalue weighted by Gasteiger charge is 2.20. The maximum absolute atomic E-state index is 6.53. The second-order valence-electron chi connectivity index (χ2n) is 42.0. The maximum Gasteiger partial charge on any atom is 0.118 e. The fraction of sp³-hybridized carbons (Fsp3) is 0.776. The Morgan fingerprint density at radius 1 is 0.198 bits per heavy atom. The normalized spacial score (nSPS) is 16.4. The Kier molecular flexibility index (Phi) is 68.3. The molecule has 0 saturated heterocycles. The van der Waals surface area contributed by atoms with Crippen LogP contribution in [0.5, 0.6) is 11.5 Å². The van der Waals surface area contributed by atoms with Crippen LogP contribution in [0.1, 0.15) is 390 Å². The fourth-order valence-corrected chi connectivity index (χ4v) is 18.3. The third-order valence-electron chi connectivity index (χ3n) is 28.0. The molecule has 0 spiro atoms. The van der Waals surface area contributed by atoms with E-state index in [4.69, 9.17) is 47.4 Å². The molecular weight excluding hydrogens is 1550 g/mol. The van der Waals surface area contributed by atoms with Crippen LogP contribution in [0.15, 0.2) is 121 Å². The van der Waals surface area contributed by atoms with E-state index in [1.165, 1.54) is 253 Å². The Morgan fingerprint density at radius 3 is 0.643 bits per heavy atom. The SMILES string of the molecule is COc1ccc(COC[C@@H](C)CCC[C@@H](C)CCC[C@@H](C)CCC[C@@H](C)CCO[C@@H](COCC[C@H](C)CCC[C@H](C)CCC[C@H](C)CCC[C@H](C)/C=C/[C@@H](C)CCC[C@@H](C)CCC[C@@H](C)CCC[C@@H](C)CCOC[C@@H](COCc2ccccc2)OCC[C@H](C)CCC[C@H](C)CCC[C@H](C)CCC[C@H](C)COCc2ccc(OC)cc2)COCc2ccccc2)cc1. The molecule has 0 aliphatic heterocycles. The highest BCUT2D eigenvalue weighted by molar-refractivity contribution is 5.27. The highest BCUT2D eigenvalue weighted by Crippen LogP contribution is 2.30. The number of methoxy groups -OCH3 is 2. The van der Waals surface area contributed by atoms with E-state index in [0.29, 0.717) is 100 Å². The van der Waals surface area contributed by atoms with Crippen molar-refractivity contribution < 1.29 is 47.4 Å². The first-order valence-electron chi connectivity index (χ1n) is 52.7. The van der Waals surface area contributed by atoms with Gasteiger partial charge in [-0.05, 0) is 193 Å². The molecular formula is C116H200O10. The van der Waals surface area contributed by atoms with Crippen LogP contribution in [-0.4, -0.2) is 92.5 Å². The summed E-state index contributed by atoms with van der Waals surface area (Å²) >= 11 is 0. The first-order chi connectivity index (χ1) is 61.0. The van der Waals surface area contributed by atoms with Gasteiger partial charge in [0.1, 0.15) is 23.7 Å². The van der Waals surface area contributed by atoms with Crippen LogP contribution in [0.3, 0.4) is 0 Å². The molecule has 126 heavy (non-hydrogen) atoms. The van der Waals surface area contributed by atoms with Crippen molar-refractivity contribution in [1.29, 1.82) is 0 Å². The third kappa shape index (κ3) is 63.9. The summed E-state index contributed by atoms with van der Waals surface area (Å²) in [6.45, 7) is 48.7. The van der Waals surface area contributed by atoms with Crippen LogP contribution in [0, 0.1) is 94.7 Å². The van der Waals surface area contributed by atoms with Crippen LogP contribution in [0.4, 0.5) is 0 Å². The summed E-state index contributed by atoms with van der Waals surface area (Å²) in [6.07, 6.45) is 57.3. The van der Waals surface area contributed by atoms with E-state index in [0.717, 1.165) is 124 Å². The minimum atomic E-state index is -0.0416. The van der Waals surface area contributed by atoms with E-state index >= 15 is 0 Å². The van der Waals surface area contributed by atoms with E-state index in [-0.39, 0.29) is 12.2 Å². The molecule has 0 aromatic heterocycles. The van der Waals surface area contributed by atoms with Crippen molar-refractivity contribution in [3.05, 3.63) is 144 Å². The molecule has 4 rings (SSSR count). The summed E-state index contributed by atoms with van der Waals surface area (Å²) in [5.41, 5.74) is 4.81. The monoisotopic (exact) mass is 1750 g/mol. The van der Waals surface area contributed by atoms with Crippen molar-refractivity contribution >= 4 is 0 Å². The van der Waals surface area contributed by atoms with Gasteiger partial charge in [-0.3, -0.25) is 0 Å². The molecule has 4 aromatic carbocycles. The second-order valence-corrected chi connectivity index (χ2v) is 42.0. The van der Waals surface area contributed by atoms with Crippen LogP contribution >= 0.6 is 0 Å². The van der Waals surface area contributed by atoms with Crippen LogP contribution in [-0.2, 0) is 64.3 Å². The molecule has 10 nitrogen and oxygen atoms in total. The summed E-state index contributed by atoms with van der Waals surface area (Å²) in [5.74, 6) is 13.5. The number of rotatable bonds is 86. The molecule has 10 heteroatoms. The molecule has 18 atom stereocenters. The standard InChI is InChI=1S/C116H200O10/c1-93(37-25-39-95(3)47-31-55-103(11)75-79-119-89-115(91-123-85-109-61-21-19-22-62-109)125-81-77-105(13)57-33-49-97(5)41-27-43-99(7)51-35-59-107(15)83-121-87-111-67-71-113(117-17)72-68-111)45-29-53-101(9)65-66-102(10)54-30-46-94(2)38-26-40-96(4)48-32-56-104(12)76-80-120-90-116(92-124-86-110-63-23-20-24-64-110)126-82-78-106(14)58-34-50-98(6)42-28-44-100(8)52-36-60-108(16)84-122-88-112-69-73-114(118-18)74-70-112/h19-24,61-74,93-108,115-116H,25-60,75-92H2,1-18H3/b66-65+/t93-,94-,95+,96+,97+,98+,99-,100-,101-,102-,103+,104+,105+,106+,107-,108-,115-,116-/m0/s1. The molecule has 4 aromatic rings. The van der Waals surface area contributed by atoms with Gasteiger partial charge in [-0.15, -0.1) is 0 Å². The molecule has 0 radical (unpaired) electrons. The number of ether oxygens (including phenoxy) is 10. The lowest BCUT2D eigenvalue weighted by Crippen LogP contribution is -2.27. The molecule has 0 N–H and O–H groups in total. The van der Waals surface area contributed by atoms with Crippen LogP contribution < -0.4 is 9.47 Å². The van der Waals surface area contributed by atoms with Gasteiger partial charge < -0.3 is 47.4 Å². The van der Waals surface area contributed by atoms with Gasteiger partial charge in [0.25, 0.3) is 0 Å². The van der Waals surface area contributed by atoms with E-state index < -0.39 is 0 Å². The predicted octanol–water partition coefficient (Wildman–Crippen LogP) is 33.0. The first-order valence-corrected chi connectivity index (χ1v) is 52.7. The molecule has 0 unspecified atom stereocenters. The fourth-order valence-electron chi connectivity index (χ4n) is 18.3. The van der Waals surface area contributed by atoms with Crippen molar-refractivity contribution in [2.45, 2.75) is 406 Å². The second kappa shape index (κ2) is 75.3. The Balaban J connectivity index is 0.939. The summed E-state index contributed by atoms with van der Waals surface area (Å²) in [5, 5.41) is 0. The smallest absolute Gasteiger partial charge is 0.118 e. The van der Waals surface area contributed by atoms with E-state index in [1.54, 1.807) is 14.2 Å². The van der Waals surface area contributed by atoms with E-state index in [2.05, 4.69) is 208 Å². The van der Waals surface area contributed by atoms with Gasteiger partial charge in [0.05, 0.1) is 67.1 Å². The van der Waals surface area contributed by atoms with Gasteiger partial charge in [0, 0.05) is 39.6 Å². The number of hydrogen-bond acceptors (Lipinski definition) is 10. The van der Waals surface area contributed by atoms with Crippen molar-refractivity contribution in [2.75, 3.05) is 80.3 Å². The number of hydrogen-bond donors (Lipinski definition) is 0. The lowest BCUT2D eigenvalue weighted by molar-refractivity contribution is -0.0670. The van der Waals surface area contributed by atoms with Crippen molar-refractivity contribution in [1.82, 2.24) is 0 Å². The van der Waals surface area contributed by atoms with Gasteiger partial charge in [0.2, 0.25) is 0 Å². The number of benzene rings is 4. The Labute approximate surface area is 779 Å².